The number of carbonyl (C=O) groups excluding carboxylic acids is 3. The average Bonchev–Trinajstić information content (AvgIpc) is 2.39. The van der Waals surface area contributed by atoms with Gasteiger partial charge in [-0.1, -0.05) is 23.2 Å². The topological polar surface area (TPSA) is 84.5 Å². The molecule has 22 heavy (non-hydrogen) atoms. The summed E-state index contributed by atoms with van der Waals surface area (Å²) in [5, 5.41) is 4.02. The van der Waals surface area contributed by atoms with Crippen molar-refractivity contribution in [2.45, 2.75) is 19.9 Å². The second kappa shape index (κ2) is 7.95. The molecule has 0 saturated carbocycles. The van der Waals surface area contributed by atoms with Crippen molar-refractivity contribution in [3.63, 3.8) is 0 Å². The molecule has 9 heteroatoms. The van der Waals surface area contributed by atoms with E-state index >= 15 is 0 Å². The van der Waals surface area contributed by atoms with Crippen molar-refractivity contribution in [1.29, 1.82) is 0 Å². The first-order valence-corrected chi connectivity index (χ1v) is 6.88. The maximum atomic E-state index is 13.3. The van der Waals surface area contributed by atoms with Crippen LogP contribution in [0.4, 0.5) is 9.18 Å². The van der Waals surface area contributed by atoms with Crippen LogP contribution in [0.3, 0.4) is 0 Å². The number of rotatable bonds is 4. The van der Waals surface area contributed by atoms with Gasteiger partial charge < -0.3 is 10.1 Å². The summed E-state index contributed by atoms with van der Waals surface area (Å²) in [5.74, 6) is -2.70. The molecule has 0 aliphatic carbocycles. The molecular formula is C13H13Cl2FN2O4. The maximum Gasteiger partial charge on any atom is 0.340 e. The van der Waals surface area contributed by atoms with Crippen LogP contribution in [0.5, 0.6) is 0 Å². The molecule has 0 fully saturated rings. The molecule has 0 radical (unpaired) electrons. The van der Waals surface area contributed by atoms with Gasteiger partial charge in [0.15, 0.2) is 6.61 Å². The molecule has 0 aliphatic rings. The predicted octanol–water partition coefficient (Wildman–Crippen LogP) is 2.52. The normalized spacial score (nSPS) is 10.3. The van der Waals surface area contributed by atoms with Crippen LogP contribution >= 0.6 is 23.2 Å². The van der Waals surface area contributed by atoms with Crippen LogP contribution in [0, 0.1) is 5.82 Å². The van der Waals surface area contributed by atoms with E-state index in [9.17, 15) is 18.8 Å². The molecule has 0 heterocycles. The fourth-order valence-electron chi connectivity index (χ4n) is 1.35. The van der Waals surface area contributed by atoms with E-state index in [1.165, 1.54) is 0 Å². The van der Waals surface area contributed by atoms with Gasteiger partial charge in [-0.05, 0) is 26.0 Å². The molecule has 6 nitrogen and oxygen atoms in total. The first kappa shape index (κ1) is 18.2. The van der Waals surface area contributed by atoms with E-state index in [4.69, 9.17) is 23.2 Å². The fourth-order valence-corrected chi connectivity index (χ4v) is 1.81. The number of nitrogens with one attached hydrogen (secondary N) is 2. The van der Waals surface area contributed by atoms with Crippen LogP contribution in [0.25, 0.3) is 0 Å². The smallest absolute Gasteiger partial charge is 0.340 e. The Labute approximate surface area is 135 Å². The molecule has 0 spiro atoms. The highest BCUT2D eigenvalue weighted by Gasteiger charge is 2.17. The largest absolute Gasteiger partial charge is 0.452 e. The number of urea groups is 1. The summed E-state index contributed by atoms with van der Waals surface area (Å²) in [6, 6.07) is 0.972. The minimum absolute atomic E-state index is 0.116. The lowest BCUT2D eigenvalue weighted by Gasteiger charge is -2.10. The number of hydrogen-bond donors (Lipinski definition) is 2. The monoisotopic (exact) mass is 350 g/mol. The highest BCUT2D eigenvalue weighted by Crippen LogP contribution is 2.24. The van der Waals surface area contributed by atoms with Gasteiger partial charge in [0.2, 0.25) is 0 Å². The Morgan fingerprint density at radius 2 is 1.86 bits per heavy atom. The second-order valence-electron chi connectivity index (χ2n) is 4.50. The van der Waals surface area contributed by atoms with Crippen molar-refractivity contribution in [1.82, 2.24) is 10.6 Å². The second-order valence-corrected chi connectivity index (χ2v) is 5.31. The molecular weight excluding hydrogens is 338 g/mol. The van der Waals surface area contributed by atoms with E-state index in [1.54, 1.807) is 13.8 Å². The van der Waals surface area contributed by atoms with Crippen LogP contribution in [-0.4, -0.2) is 30.6 Å². The summed E-state index contributed by atoms with van der Waals surface area (Å²) in [7, 11) is 0. The van der Waals surface area contributed by atoms with Gasteiger partial charge in [-0.15, -0.1) is 0 Å². The summed E-state index contributed by atoms with van der Waals surface area (Å²) in [5.41, 5.74) is -0.275. The number of esters is 1. The van der Waals surface area contributed by atoms with E-state index < -0.39 is 30.3 Å². The summed E-state index contributed by atoms with van der Waals surface area (Å²) in [4.78, 5) is 34.3. The Morgan fingerprint density at radius 1 is 1.23 bits per heavy atom. The molecule has 0 aromatic heterocycles. The summed E-state index contributed by atoms with van der Waals surface area (Å²) in [6.07, 6.45) is 0. The van der Waals surface area contributed by atoms with E-state index in [1.807, 2.05) is 5.32 Å². The maximum absolute atomic E-state index is 13.3. The third-order valence-corrected chi connectivity index (χ3v) is 2.84. The van der Waals surface area contributed by atoms with Crippen molar-refractivity contribution in [2.24, 2.45) is 0 Å². The van der Waals surface area contributed by atoms with Gasteiger partial charge in [-0.3, -0.25) is 10.1 Å². The van der Waals surface area contributed by atoms with Gasteiger partial charge in [0, 0.05) is 6.04 Å². The van der Waals surface area contributed by atoms with E-state index in [2.05, 4.69) is 10.1 Å². The Bertz CT molecular complexity index is 608. The first-order chi connectivity index (χ1) is 10.2. The van der Waals surface area contributed by atoms with Crippen molar-refractivity contribution in [3.05, 3.63) is 33.6 Å². The van der Waals surface area contributed by atoms with Crippen molar-refractivity contribution in [3.8, 4) is 0 Å². The van der Waals surface area contributed by atoms with E-state index in [-0.39, 0.29) is 21.7 Å². The van der Waals surface area contributed by atoms with Gasteiger partial charge in [-0.25, -0.2) is 14.0 Å². The number of amides is 3. The number of carbonyl (C=O) groups is 3. The lowest BCUT2D eigenvalue weighted by molar-refractivity contribution is -0.123. The first-order valence-electron chi connectivity index (χ1n) is 6.12. The quantitative estimate of drug-likeness (QED) is 0.645. The Kier molecular flexibility index (Phi) is 6.58. The number of imide groups is 1. The van der Waals surface area contributed by atoms with E-state index in [0.717, 1.165) is 12.1 Å². The van der Waals surface area contributed by atoms with Gasteiger partial charge in [-0.2, -0.15) is 0 Å². The number of halogens is 3. The van der Waals surface area contributed by atoms with Crippen molar-refractivity contribution < 1.29 is 23.5 Å². The number of ether oxygens (including phenoxy) is 1. The standard InChI is InChI=1S/C13H13Cl2FN2O4/c1-6(2)17-13(21)18-11(19)5-22-12(20)7-3-10(16)9(15)4-8(7)14/h3-4,6H,5H2,1-2H3,(H2,17,18,19,21). The summed E-state index contributed by atoms with van der Waals surface area (Å²) >= 11 is 11.2. The van der Waals surface area contributed by atoms with Crippen LogP contribution in [0.15, 0.2) is 12.1 Å². The molecule has 0 atom stereocenters. The molecule has 1 aromatic carbocycles. The summed E-state index contributed by atoms with van der Waals surface area (Å²) in [6.45, 7) is 2.70. The summed E-state index contributed by atoms with van der Waals surface area (Å²) < 4.78 is 17.9. The Morgan fingerprint density at radius 3 is 2.45 bits per heavy atom. The predicted molar refractivity (Wildman–Crippen MR) is 78.5 cm³/mol. The van der Waals surface area contributed by atoms with Gasteiger partial charge in [0.1, 0.15) is 5.82 Å². The molecule has 0 saturated heterocycles. The van der Waals surface area contributed by atoms with Crippen LogP contribution in [0.1, 0.15) is 24.2 Å². The molecule has 0 unspecified atom stereocenters. The zero-order chi connectivity index (χ0) is 16.9. The Balaban J connectivity index is 2.58. The van der Waals surface area contributed by atoms with Gasteiger partial charge in [0.05, 0.1) is 15.6 Å². The highest BCUT2D eigenvalue weighted by atomic mass is 35.5. The minimum atomic E-state index is -1.01. The van der Waals surface area contributed by atoms with Gasteiger partial charge in [0.25, 0.3) is 5.91 Å². The Hall–Kier alpha value is -1.86. The molecule has 3 amide bonds. The third kappa shape index (κ3) is 5.50. The zero-order valence-corrected chi connectivity index (χ0v) is 13.2. The number of hydrogen-bond acceptors (Lipinski definition) is 4. The number of benzene rings is 1. The molecule has 1 aromatic rings. The molecule has 2 N–H and O–H groups in total. The SMILES string of the molecule is CC(C)NC(=O)NC(=O)COC(=O)c1cc(F)c(Cl)cc1Cl. The fraction of sp³-hybridized carbons (Fsp3) is 0.308. The molecule has 1 rings (SSSR count). The third-order valence-electron chi connectivity index (χ3n) is 2.24. The molecule has 0 bridgehead atoms. The van der Waals surface area contributed by atoms with Crippen molar-refractivity contribution >= 4 is 41.1 Å². The van der Waals surface area contributed by atoms with Gasteiger partial charge >= 0.3 is 12.0 Å². The average molecular weight is 351 g/mol. The van der Waals surface area contributed by atoms with Crippen LogP contribution in [0.2, 0.25) is 10.0 Å². The zero-order valence-electron chi connectivity index (χ0n) is 11.7. The van der Waals surface area contributed by atoms with Crippen molar-refractivity contribution in [2.75, 3.05) is 6.61 Å². The highest BCUT2D eigenvalue weighted by molar-refractivity contribution is 6.36. The lowest BCUT2D eigenvalue weighted by atomic mass is 10.2. The van der Waals surface area contributed by atoms with Crippen LogP contribution in [-0.2, 0) is 9.53 Å². The minimum Gasteiger partial charge on any atom is -0.452 e. The van der Waals surface area contributed by atoms with Crippen LogP contribution < -0.4 is 10.6 Å². The van der Waals surface area contributed by atoms with E-state index in [0.29, 0.717) is 0 Å². The molecule has 0 aliphatic heterocycles. The lowest BCUT2D eigenvalue weighted by Crippen LogP contribution is -2.44. The molecule has 120 valence electrons.